The summed E-state index contributed by atoms with van der Waals surface area (Å²) in [5, 5.41) is 11.5. The summed E-state index contributed by atoms with van der Waals surface area (Å²) in [6.07, 6.45) is 0.551. The number of amides is 1. The zero-order valence-electron chi connectivity index (χ0n) is 19.3. The number of benzene rings is 3. The molecule has 1 N–H and O–H groups in total. The van der Waals surface area contributed by atoms with Crippen LogP contribution < -0.4 is 4.74 Å². The second-order valence-electron chi connectivity index (χ2n) is 8.19. The Morgan fingerprint density at radius 1 is 1.00 bits per heavy atom. The van der Waals surface area contributed by atoms with E-state index in [1.807, 2.05) is 42.5 Å². The summed E-state index contributed by atoms with van der Waals surface area (Å²) in [6, 6.07) is 22.9. The van der Waals surface area contributed by atoms with Crippen molar-refractivity contribution in [1.29, 1.82) is 0 Å². The number of carbonyl (C=O) groups excluding carboxylic acids is 2. The summed E-state index contributed by atoms with van der Waals surface area (Å²) in [7, 11) is 1.58. The number of hydrogen-bond acceptors (Lipinski definition) is 5. The molecule has 1 atom stereocenters. The van der Waals surface area contributed by atoms with E-state index in [4.69, 9.17) is 21.1 Å². The average molecular weight is 492 g/mol. The first-order valence-electron chi connectivity index (χ1n) is 11.3. The molecule has 0 radical (unpaired) electrons. The summed E-state index contributed by atoms with van der Waals surface area (Å²) < 4.78 is 11.0. The van der Waals surface area contributed by atoms with E-state index in [9.17, 15) is 14.7 Å². The summed E-state index contributed by atoms with van der Waals surface area (Å²) in [5.74, 6) is -0.980. The number of ether oxygens (including phenoxy) is 2. The molecule has 1 saturated heterocycles. The molecule has 35 heavy (non-hydrogen) atoms. The first-order chi connectivity index (χ1) is 17.0. The molecule has 4 rings (SSSR count). The second kappa shape index (κ2) is 11.2. The Balaban J connectivity index is 1.67. The minimum absolute atomic E-state index is 0.0348. The molecule has 6 nitrogen and oxygen atoms in total. The highest BCUT2D eigenvalue weighted by Crippen LogP contribution is 2.40. The van der Waals surface area contributed by atoms with E-state index in [0.717, 1.165) is 5.56 Å². The van der Waals surface area contributed by atoms with Crippen LogP contribution in [0.15, 0.2) is 84.4 Å². The lowest BCUT2D eigenvalue weighted by Crippen LogP contribution is -2.31. The number of Topliss-reactive ketones (excluding diaryl/α,β-unsaturated/α-hetero) is 1. The van der Waals surface area contributed by atoms with Crippen LogP contribution in [-0.4, -0.2) is 42.0 Å². The van der Waals surface area contributed by atoms with Crippen molar-refractivity contribution in [2.75, 3.05) is 20.3 Å². The van der Waals surface area contributed by atoms with Crippen molar-refractivity contribution in [3.63, 3.8) is 0 Å². The maximum atomic E-state index is 13.1. The molecule has 1 aliphatic heterocycles. The van der Waals surface area contributed by atoms with Crippen LogP contribution in [0.25, 0.3) is 5.76 Å². The number of rotatable bonds is 9. The summed E-state index contributed by atoms with van der Waals surface area (Å²) in [4.78, 5) is 27.5. The van der Waals surface area contributed by atoms with Gasteiger partial charge in [-0.25, -0.2) is 0 Å². The van der Waals surface area contributed by atoms with Crippen LogP contribution in [0.1, 0.15) is 29.2 Å². The third-order valence-corrected chi connectivity index (χ3v) is 6.06. The number of aliphatic hydroxyl groups is 1. The van der Waals surface area contributed by atoms with E-state index in [2.05, 4.69) is 0 Å². The Morgan fingerprint density at radius 3 is 2.43 bits per heavy atom. The number of hydrogen-bond donors (Lipinski definition) is 1. The fourth-order valence-corrected chi connectivity index (χ4v) is 4.31. The lowest BCUT2D eigenvalue weighted by atomic mass is 9.95. The summed E-state index contributed by atoms with van der Waals surface area (Å²) in [5.41, 5.74) is 2.15. The number of likely N-dealkylation sites (tertiary alicyclic amines) is 1. The van der Waals surface area contributed by atoms with Gasteiger partial charge in [-0.1, -0.05) is 66.2 Å². The topological polar surface area (TPSA) is 76.1 Å². The quantitative estimate of drug-likeness (QED) is 0.188. The van der Waals surface area contributed by atoms with E-state index in [-0.39, 0.29) is 11.3 Å². The van der Waals surface area contributed by atoms with E-state index in [1.54, 1.807) is 43.5 Å². The third kappa shape index (κ3) is 5.56. The Hall–Kier alpha value is -3.61. The van der Waals surface area contributed by atoms with Crippen LogP contribution in [0.2, 0.25) is 5.02 Å². The van der Waals surface area contributed by atoms with Crippen LogP contribution in [0.5, 0.6) is 5.75 Å². The molecule has 0 spiro atoms. The molecule has 7 heteroatoms. The zero-order chi connectivity index (χ0) is 24.8. The van der Waals surface area contributed by atoms with Gasteiger partial charge in [0.15, 0.2) is 0 Å². The molecule has 1 unspecified atom stereocenters. The molecule has 180 valence electrons. The molecule has 0 aromatic heterocycles. The molecular formula is C28H26ClNO5. The van der Waals surface area contributed by atoms with Gasteiger partial charge in [0.05, 0.1) is 11.6 Å². The molecule has 0 aliphatic carbocycles. The Morgan fingerprint density at radius 2 is 1.74 bits per heavy atom. The molecule has 1 heterocycles. The maximum Gasteiger partial charge on any atom is 0.295 e. The number of carbonyl (C=O) groups is 2. The van der Waals surface area contributed by atoms with Gasteiger partial charge < -0.3 is 19.5 Å². The van der Waals surface area contributed by atoms with Crippen molar-refractivity contribution in [2.24, 2.45) is 0 Å². The van der Waals surface area contributed by atoms with Crippen molar-refractivity contribution in [3.05, 3.63) is 106 Å². The largest absolute Gasteiger partial charge is 0.507 e. The van der Waals surface area contributed by atoms with Crippen molar-refractivity contribution >= 4 is 29.1 Å². The van der Waals surface area contributed by atoms with Crippen molar-refractivity contribution in [2.45, 2.75) is 19.1 Å². The van der Waals surface area contributed by atoms with Gasteiger partial charge in [0.1, 0.15) is 18.1 Å². The number of halogens is 1. The molecule has 1 aliphatic rings. The lowest BCUT2D eigenvalue weighted by Gasteiger charge is -2.25. The van der Waals surface area contributed by atoms with Gasteiger partial charge >= 0.3 is 0 Å². The SMILES string of the molecule is COCCCN1C(=O)C(=O)/C(=C(\O)c2cccc(Cl)c2)C1c1ccc(OCc2ccccc2)cc1. The Bertz CT molecular complexity index is 1220. The van der Waals surface area contributed by atoms with Gasteiger partial charge in [-0.3, -0.25) is 9.59 Å². The first kappa shape index (κ1) is 24.5. The van der Waals surface area contributed by atoms with Crippen LogP contribution in [0.3, 0.4) is 0 Å². The Labute approximate surface area is 209 Å². The molecule has 0 saturated carbocycles. The molecule has 3 aromatic rings. The van der Waals surface area contributed by atoms with Gasteiger partial charge in [-0.15, -0.1) is 0 Å². The van der Waals surface area contributed by atoms with Crippen LogP contribution in [0, 0.1) is 0 Å². The van der Waals surface area contributed by atoms with E-state index in [1.165, 1.54) is 4.90 Å². The minimum atomic E-state index is -0.742. The van der Waals surface area contributed by atoms with Gasteiger partial charge in [-0.05, 0) is 41.8 Å². The van der Waals surface area contributed by atoms with Crippen molar-refractivity contribution in [1.82, 2.24) is 4.90 Å². The minimum Gasteiger partial charge on any atom is -0.507 e. The fourth-order valence-electron chi connectivity index (χ4n) is 4.11. The number of methoxy groups -OCH3 is 1. The molecule has 0 bridgehead atoms. The molecule has 3 aromatic carbocycles. The van der Waals surface area contributed by atoms with Crippen LogP contribution in [-0.2, 0) is 20.9 Å². The fraction of sp³-hybridized carbons (Fsp3) is 0.214. The predicted octanol–water partition coefficient (Wildman–Crippen LogP) is 5.38. The Kier molecular flexibility index (Phi) is 7.85. The molecule has 1 amide bonds. The van der Waals surface area contributed by atoms with E-state index >= 15 is 0 Å². The summed E-state index contributed by atoms with van der Waals surface area (Å²) in [6.45, 7) is 1.17. The summed E-state index contributed by atoms with van der Waals surface area (Å²) >= 11 is 6.09. The number of ketones is 1. The smallest absolute Gasteiger partial charge is 0.295 e. The molecular weight excluding hydrogens is 466 g/mol. The van der Waals surface area contributed by atoms with Crippen molar-refractivity contribution in [3.8, 4) is 5.75 Å². The van der Waals surface area contributed by atoms with Gasteiger partial charge in [0.2, 0.25) is 0 Å². The number of aliphatic hydroxyl groups excluding tert-OH is 1. The standard InChI is InChI=1S/C28H26ClNO5/c1-34-16-6-15-30-25(20-11-13-23(14-12-20)35-18-19-7-3-2-4-8-19)24(27(32)28(30)33)26(31)21-9-5-10-22(29)17-21/h2-5,7-14,17,25,31H,6,15-16,18H2,1H3/b26-24-. The lowest BCUT2D eigenvalue weighted by molar-refractivity contribution is -0.140. The van der Waals surface area contributed by atoms with Gasteiger partial charge in [-0.2, -0.15) is 0 Å². The maximum absolute atomic E-state index is 13.1. The zero-order valence-corrected chi connectivity index (χ0v) is 20.1. The average Bonchev–Trinajstić information content (AvgIpc) is 3.13. The normalized spacial score (nSPS) is 17.1. The van der Waals surface area contributed by atoms with Gasteiger partial charge in [0, 0.05) is 30.8 Å². The number of nitrogens with zero attached hydrogens (tertiary/aromatic N) is 1. The first-order valence-corrected chi connectivity index (χ1v) is 11.7. The van der Waals surface area contributed by atoms with Crippen LogP contribution >= 0.6 is 11.6 Å². The third-order valence-electron chi connectivity index (χ3n) is 5.83. The highest BCUT2D eigenvalue weighted by atomic mass is 35.5. The molecule has 1 fully saturated rings. The van der Waals surface area contributed by atoms with E-state index < -0.39 is 17.7 Å². The second-order valence-corrected chi connectivity index (χ2v) is 8.63. The van der Waals surface area contributed by atoms with Crippen LogP contribution in [0.4, 0.5) is 0 Å². The van der Waals surface area contributed by atoms with E-state index in [0.29, 0.717) is 48.1 Å². The highest BCUT2D eigenvalue weighted by Gasteiger charge is 2.45. The monoisotopic (exact) mass is 491 g/mol. The highest BCUT2D eigenvalue weighted by molar-refractivity contribution is 6.46. The van der Waals surface area contributed by atoms with Crippen molar-refractivity contribution < 1.29 is 24.2 Å². The van der Waals surface area contributed by atoms with Gasteiger partial charge in [0.25, 0.3) is 11.7 Å². The predicted molar refractivity (Wildman–Crippen MR) is 134 cm³/mol.